The highest BCUT2D eigenvalue weighted by Crippen LogP contribution is 2.37. The second-order valence-electron chi connectivity index (χ2n) is 7.14. The molecule has 3 aromatic carbocycles. The van der Waals surface area contributed by atoms with Gasteiger partial charge in [-0.25, -0.2) is 13.6 Å². The highest BCUT2D eigenvalue weighted by Gasteiger charge is 2.12. The summed E-state index contributed by atoms with van der Waals surface area (Å²) in [6, 6.07) is 18.0. The van der Waals surface area contributed by atoms with Crippen LogP contribution in [0.15, 0.2) is 70.0 Å². The van der Waals surface area contributed by atoms with Gasteiger partial charge in [0.05, 0.1) is 16.5 Å². The van der Waals surface area contributed by atoms with Crippen LogP contribution in [0.5, 0.6) is 11.5 Å². The number of sulfonamides is 1. The van der Waals surface area contributed by atoms with E-state index in [1.807, 2.05) is 36.4 Å². The Morgan fingerprint density at radius 3 is 2.24 bits per heavy atom. The Kier molecular flexibility index (Phi) is 10.5. The van der Waals surface area contributed by atoms with E-state index in [4.69, 9.17) is 26.2 Å². The van der Waals surface area contributed by atoms with Crippen LogP contribution in [-0.4, -0.2) is 22.1 Å². The lowest BCUT2D eigenvalue weighted by Crippen LogP contribution is -2.17. The van der Waals surface area contributed by atoms with E-state index in [1.165, 1.54) is 12.1 Å². The normalized spacial score (nSPS) is 11.0. The molecule has 3 N–H and O–H groups in total. The van der Waals surface area contributed by atoms with Crippen LogP contribution in [0.3, 0.4) is 0 Å². The maximum absolute atomic E-state index is 11.3. The lowest BCUT2D eigenvalue weighted by Gasteiger charge is -2.15. The van der Waals surface area contributed by atoms with Crippen LogP contribution in [-0.2, 0) is 29.6 Å². The molecule has 3 rings (SSSR count). The van der Waals surface area contributed by atoms with Gasteiger partial charge in [0, 0.05) is 11.6 Å². The molecule has 0 unspecified atom stereocenters. The molecule has 0 fully saturated rings. The van der Waals surface area contributed by atoms with E-state index >= 15 is 0 Å². The molecule has 3 aromatic rings. The van der Waals surface area contributed by atoms with Gasteiger partial charge >= 0.3 is 0 Å². The van der Waals surface area contributed by atoms with Gasteiger partial charge in [-0.15, -0.1) is 12.4 Å². The SMILES string of the molecule is COc1cc(CNCCc2ccc(S(N)(=O)=O)cc2)cc(Br)c1OCc1ccc(Cl)cc1.Cl. The average Bonchev–Trinajstić information content (AvgIpc) is 2.76. The zero-order valence-electron chi connectivity index (χ0n) is 17.9. The summed E-state index contributed by atoms with van der Waals surface area (Å²) in [7, 11) is -2.05. The molecule has 10 heteroatoms. The number of hydrogen-bond acceptors (Lipinski definition) is 5. The molecule has 0 amide bonds. The third-order valence-electron chi connectivity index (χ3n) is 4.76. The average molecular weight is 576 g/mol. The summed E-state index contributed by atoms with van der Waals surface area (Å²) >= 11 is 9.51. The third-order valence-corrected chi connectivity index (χ3v) is 6.53. The first-order valence-electron chi connectivity index (χ1n) is 9.82. The maximum atomic E-state index is 11.3. The number of hydrogen-bond donors (Lipinski definition) is 2. The summed E-state index contributed by atoms with van der Waals surface area (Å²) in [4.78, 5) is 0.115. The number of nitrogens with two attached hydrogens (primary N) is 1. The zero-order chi connectivity index (χ0) is 23.1. The molecule has 0 heterocycles. The van der Waals surface area contributed by atoms with Crippen LogP contribution in [0.2, 0.25) is 5.02 Å². The van der Waals surface area contributed by atoms with E-state index in [0.29, 0.717) is 29.7 Å². The molecule has 0 aromatic heterocycles. The number of primary sulfonamides is 1. The van der Waals surface area contributed by atoms with Crippen molar-refractivity contribution in [1.82, 2.24) is 5.32 Å². The molecule has 0 aliphatic carbocycles. The fourth-order valence-electron chi connectivity index (χ4n) is 3.06. The van der Waals surface area contributed by atoms with Gasteiger partial charge < -0.3 is 14.8 Å². The minimum atomic E-state index is -3.66. The predicted molar refractivity (Wildman–Crippen MR) is 137 cm³/mol. The van der Waals surface area contributed by atoms with Gasteiger partial charge in [-0.2, -0.15) is 0 Å². The number of ether oxygens (including phenoxy) is 2. The molecule has 0 aliphatic rings. The summed E-state index contributed by atoms with van der Waals surface area (Å²) < 4.78 is 35.0. The Bertz CT molecular complexity index is 1160. The van der Waals surface area contributed by atoms with Crippen molar-refractivity contribution in [3.05, 3.63) is 86.8 Å². The van der Waals surface area contributed by atoms with Crippen LogP contribution >= 0.6 is 39.9 Å². The first-order valence-corrected chi connectivity index (χ1v) is 12.5. The van der Waals surface area contributed by atoms with Crippen LogP contribution in [0.4, 0.5) is 0 Å². The van der Waals surface area contributed by atoms with E-state index in [1.54, 1.807) is 19.2 Å². The quantitative estimate of drug-likeness (QED) is 0.329. The van der Waals surface area contributed by atoms with Crippen molar-refractivity contribution in [2.24, 2.45) is 5.14 Å². The fourth-order valence-corrected chi connectivity index (χ4v) is 4.31. The standard InChI is InChI=1S/C23H24BrClN2O4S.ClH/c1-30-22-13-18(12-21(24)23(22)31-15-17-2-6-19(25)7-3-17)14-27-11-10-16-4-8-20(9-5-16)32(26,28)29;/h2-9,12-13,27H,10-11,14-15H2,1H3,(H2,26,28,29);1H. The first kappa shape index (κ1) is 27.4. The van der Waals surface area contributed by atoms with Gasteiger partial charge in [0.2, 0.25) is 10.0 Å². The third kappa shape index (κ3) is 8.17. The van der Waals surface area contributed by atoms with Gasteiger partial charge in [0.25, 0.3) is 0 Å². The summed E-state index contributed by atoms with van der Waals surface area (Å²) in [5, 5.41) is 9.19. The van der Waals surface area contributed by atoms with Crippen molar-refractivity contribution >= 4 is 50.0 Å². The smallest absolute Gasteiger partial charge is 0.238 e. The molecule has 0 saturated heterocycles. The fraction of sp³-hybridized carbons (Fsp3) is 0.217. The van der Waals surface area contributed by atoms with Gasteiger partial charge in [-0.05, 0) is 82.0 Å². The highest BCUT2D eigenvalue weighted by atomic mass is 79.9. The molecule has 0 radical (unpaired) electrons. The molecule has 0 spiro atoms. The van der Waals surface area contributed by atoms with Crippen LogP contribution in [0, 0.1) is 0 Å². The van der Waals surface area contributed by atoms with Crippen LogP contribution < -0.4 is 19.9 Å². The van der Waals surface area contributed by atoms with E-state index < -0.39 is 10.0 Å². The Morgan fingerprint density at radius 2 is 1.64 bits per heavy atom. The van der Waals surface area contributed by atoms with Gasteiger partial charge in [-0.1, -0.05) is 35.9 Å². The van der Waals surface area contributed by atoms with Crippen molar-refractivity contribution < 1.29 is 17.9 Å². The first-order chi connectivity index (χ1) is 15.3. The maximum Gasteiger partial charge on any atom is 0.238 e. The summed E-state index contributed by atoms with van der Waals surface area (Å²) in [5.74, 6) is 1.28. The number of rotatable bonds is 10. The topological polar surface area (TPSA) is 90.6 Å². The van der Waals surface area contributed by atoms with E-state index in [0.717, 1.165) is 34.1 Å². The molecular formula is C23H25BrCl2N2O4S. The van der Waals surface area contributed by atoms with Crippen molar-refractivity contribution in [2.45, 2.75) is 24.5 Å². The molecule has 6 nitrogen and oxygen atoms in total. The molecule has 0 bridgehead atoms. The monoisotopic (exact) mass is 574 g/mol. The molecule has 0 saturated carbocycles. The van der Waals surface area contributed by atoms with E-state index in [2.05, 4.69) is 21.2 Å². The molecule has 0 atom stereocenters. The van der Waals surface area contributed by atoms with Crippen molar-refractivity contribution in [3.8, 4) is 11.5 Å². The lowest BCUT2D eigenvalue weighted by molar-refractivity contribution is 0.282. The van der Waals surface area contributed by atoms with E-state index in [9.17, 15) is 8.42 Å². The van der Waals surface area contributed by atoms with Crippen LogP contribution in [0.25, 0.3) is 0 Å². The van der Waals surface area contributed by atoms with Gasteiger partial charge in [0.1, 0.15) is 6.61 Å². The summed E-state index contributed by atoms with van der Waals surface area (Å²) in [6.45, 7) is 1.76. The number of nitrogens with one attached hydrogen (secondary N) is 1. The predicted octanol–water partition coefficient (Wildman–Crippen LogP) is 5.09. The molecule has 33 heavy (non-hydrogen) atoms. The van der Waals surface area contributed by atoms with E-state index in [-0.39, 0.29) is 17.3 Å². The largest absolute Gasteiger partial charge is 0.493 e. The Hall–Kier alpha value is -1.81. The zero-order valence-corrected chi connectivity index (χ0v) is 21.9. The lowest BCUT2D eigenvalue weighted by atomic mass is 10.1. The molecular weight excluding hydrogens is 551 g/mol. The number of benzene rings is 3. The Morgan fingerprint density at radius 1 is 1.00 bits per heavy atom. The second-order valence-corrected chi connectivity index (χ2v) is 9.99. The van der Waals surface area contributed by atoms with Crippen molar-refractivity contribution in [3.63, 3.8) is 0 Å². The van der Waals surface area contributed by atoms with Crippen LogP contribution in [0.1, 0.15) is 16.7 Å². The van der Waals surface area contributed by atoms with Crippen molar-refractivity contribution in [1.29, 1.82) is 0 Å². The minimum absolute atomic E-state index is 0. The van der Waals surface area contributed by atoms with Crippen molar-refractivity contribution in [2.75, 3.05) is 13.7 Å². The van der Waals surface area contributed by atoms with Gasteiger partial charge in [-0.3, -0.25) is 0 Å². The number of methoxy groups -OCH3 is 1. The Labute approximate surface area is 214 Å². The van der Waals surface area contributed by atoms with Gasteiger partial charge in [0.15, 0.2) is 11.5 Å². The Balaban J connectivity index is 0.00000385. The minimum Gasteiger partial charge on any atom is -0.493 e. The molecule has 0 aliphatic heterocycles. The summed E-state index contributed by atoms with van der Waals surface area (Å²) in [6.07, 6.45) is 0.755. The number of halogens is 3. The highest BCUT2D eigenvalue weighted by molar-refractivity contribution is 9.10. The second kappa shape index (κ2) is 12.6. The summed E-state index contributed by atoms with van der Waals surface area (Å²) in [5.41, 5.74) is 3.07. The molecule has 178 valence electrons.